The fourth-order valence-corrected chi connectivity index (χ4v) is 3.32. The molecule has 3 aromatic rings. The van der Waals surface area contributed by atoms with E-state index < -0.39 is 22.6 Å². The molecule has 154 valence electrons. The van der Waals surface area contributed by atoms with Gasteiger partial charge in [0.2, 0.25) is 11.8 Å². The van der Waals surface area contributed by atoms with Crippen LogP contribution in [-0.2, 0) is 24.3 Å². The Labute approximate surface area is 169 Å². The molecule has 29 heavy (non-hydrogen) atoms. The van der Waals surface area contributed by atoms with Crippen LogP contribution in [0.4, 0.5) is 6.01 Å². The van der Waals surface area contributed by atoms with Crippen LogP contribution < -0.4 is 16.6 Å². The predicted octanol–water partition coefficient (Wildman–Crippen LogP) is 0.747. The molecule has 3 aromatic heterocycles. The monoisotopic (exact) mass is 419 g/mol. The summed E-state index contributed by atoms with van der Waals surface area (Å²) in [4.78, 5) is 46.3. The molecule has 12 heteroatoms. The lowest BCUT2D eigenvalue weighted by Gasteiger charge is -2.19. The Balaban J connectivity index is 2.04. The Bertz CT molecular complexity index is 1220. The van der Waals surface area contributed by atoms with Crippen LogP contribution in [0, 0.1) is 6.92 Å². The highest BCUT2D eigenvalue weighted by Gasteiger charge is 2.24. The first-order valence-electron chi connectivity index (χ1n) is 8.70. The van der Waals surface area contributed by atoms with Crippen LogP contribution in [-0.4, -0.2) is 41.0 Å². The predicted molar refractivity (Wildman–Crippen MR) is 107 cm³/mol. The Kier molecular flexibility index (Phi) is 5.30. The smallest absolute Gasteiger partial charge is 0.332 e. The minimum Gasteiger partial charge on any atom is -0.408 e. The number of carbonyl (C=O) groups is 1. The van der Waals surface area contributed by atoms with Crippen molar-refractivity contribution >= 4 is 34.7 Å². The largest absolute Gasteiger partial charge is 0.408 e. The summed E-state index contributed by atoms with van der Waals surface area (Å²) in [5, 5.41) is 10.4. The first-order valence-corrected chi connectivity index (χ1v) is 9.68. The fraction of sp³-hybridized carbons (Fsp3) is 0.471. The van der Waals surface area contributed by atoms with E-state index in [1.165, 1.54) is 11.6 Å². The summed E-state index contributed by atoms with van der Waals surface area (Å²) in [6, 6.07) is -0.00524. The molecule has 0 saturated heterocycles. The molecule has 3 heterocycles. The Hall–Kier alpha value is -3.02. The molecule has 0 aromatic carbocycles. The van der Waals surface area contributed by atoms with E-state index >= 15 is 0 Å². The van der Waals surface area contributed by atoms with Crippen molar-refractivity contribution in [1.29, 1.82) is 0 Å². The summed E-state index contributed by atoms with van der Waals surface area (Å²) in [5.41, 5.74) is -1.20. The van der Waals surface area contributed by atoms with Gasteiger partial charge in [-0.25, -0.2) is 14.8 Å². The molecule has 0 unspecified atom stereocenters. The number of thioether (sulfide) groups is 1. The van der Waals surface area contributed by atoms with Crippen LogP contribution in [0.2, 0.25) is 0 Å². The molecular formula is C17H21N7O4S. The molecule has 0 aliphatic carbocycles. The van der Waals surface area contributed by atoms with Crippen LogP contribution in [0.3, 0.4) is 0 Å². The van der Waals surface area contributed by atoms with Gasteiger partial charge in [-0.1, -0.05) is 37.6 Å². The van der Waals surface area contributed by atoms with Gasteiger partial charge < -0.3 is 4.42 Å². The first kappa shape index (κ1) is 20.7. The Morgan fingerprint density at radius 3 is 2.41 bits per heavy atom. The number of nitrogens with zero attached hydrogens (tertiary/aromatic N) is 6. The molecule has 0 spiro atoms. The van der Waals surface area contributed by atoms with E-state index in [1.54, 1.807) is 14.0 Å². The van der Waals surface area contributed by atoms with Crippen LogP contribution in [0.1, 0.15) is 32.5 Å². The van der Waals surface area contributed by atoms with E-state index in [1.807, 2.05) is 20.8 Å². The zero-order valence-electron chi connectivity index (χ0n) is 16.9. The minimum atomic E-state index is -0.515. The van der Waals surface area contributed by atoms with Gasteiger partial charge in [0.15, 0.2) is 5.65 Å². The lowest BCUT2D eigenvalue weighted by Crippen LogP contribution is -2.38. The highest BCUT2D eigenvalue weighted by molar-refractivity contribution is 8.00. The number of carbonyl (C=O) groups excluding carboxylic acids is 1. The van der Waals surface area contributed by atoms with Crippen molar-refractivity contribution in [3.8, 4) is 0 Å². The van der Waals surface area contributed by atoms with E-state index in [0.717, 1.165) is 16.3 Å². The van der Waals surface area contributed by atoms with Gasteiger partial charge in [-0.05, 0) is 0 Å². The number of amides is 1. The van der Waals surface area contributed by atoms with Gasteiger partial charge in [-0.15, -0.1) is 5.10 Å². The third-order valence-corrected chi connectivity index (χ3v) is 5.03. The van der Waals surface area contributed by atoms with Crippen molar-refractivity contribution in [3.05, 3.63) is 32.6 Å². The number of hydrogen-bond donors (Lipinski definition) is 1. The molecule has 0 atom stereocenters. The van der Waals surface area contributed by atoms with E-state index in [9.17, 15) is 14.4 Å². The van der Waals surface area contributed by atoms with Crippen LogP contribution in [0.15, 0.2) is 19.0 Å². The SMILES string of the molecule is Cc1nnc(NC(=O)CSc2nc(C(C)(C)C)nc3c2c(=O)n(C)c(=O)n3C)o1. The lowest BCUT2D eigenvalue weighted by molar-refractivity contribution is -0.113. The quantitative estimate of drug-likeness (QED) is 0.479. The zero-order valence-corrected chi connectivity index (χ0v) is 17.7. The van der Waals surface area contributed by atoms with E-state index in [2.05, 4.69) is 25.5 Å². The molecule has 0 aliphatic rings. The van der Waals surface area contributed by atoms with Gasteiger partial charge in [0, 0.05) is 26.4 Å². The van der Waals surface area contributed by atoms with E-state index in [0.29, 0.717) is 16.7 Å². The molecular weight excluding hydrogens is 398 g/mol. The van der Waals surface area contributed by atoms with Gasteiger partial charge in [-0.2, -0.15) is 0 Å². The second-order valence-electron chi connectivity index (χ2n) is 7.47. The summed E-state index contributed by atoms with van der Waals surface area (Å²) in [7, 11) is 2.93. The van der Waals surface area contributed by atoms with Crippen molar-refractivity contribution in [3.63, 3.8) is 0 Å². The van der Waals surface area contributed by atoms with Gasteiger partial charge in [0.1, 0.15) is 16.2 Å². The molecule has 11 nitrogen and oxygen atoms in total. The summed E-state index contributed by atoms with van der Waals surface area (Å²) in [6.07, 6.45) is 0. The van der Waals surface area contributed by atoms with Crippen LogP contribution >= 0.6 is 11.8 Å². The van der Waals surface area contributed by atoms with Gasteiger partial charge in [0.05, 0.1) is 5.75 Å². The second-order valence-corrected chi connectivity index (χ2v) is 8.43. The standard InChI is InChI=1S/C17H21N7O4S/c1-8-21-22-15(28-8)18-9(25)7-29-12-10-11(19-14(20-12)17(2,3)4)23(5)16(27)24(6)13(10)26/h7H2,1-6H3,(H,18,22,25). The van der Waals surface area contributed by atoms with Crippen molar-refractivity contribution < 1.29 is 9.21 Å². The normalized spacial score (nSPS) is 11.8. The summed E-state index contributed by atoms with van der Waals surface area (Å²) in [6.45, 7) is 7.38. The molecule has 1 N–H and O–H groups in total. The molecule has 0 bridgehead atoms. The third kappa shape index (κ3) is 4.06. The van der Waals surface area contributed by atoms with Crippen LogP contribution in [0.25, 0.3) is 11.0 Å². The Morgan fingerprint density at radius 2 is 1.83 bits per heavy atom. The summed E-state index contributed by atoms with van der Waals surface area (Å²) in [5.74, 6) is 0.338. The molecule has 0 fully saturated rings. The maximum absolute atomic E-state index is 12.7. The molecule has 0 radical (unpaired) electrons. The number of hydrogen-bond acceptors (Lipinski definition) is 9. The van der Waals surface area contributed by atoms with Crippen molar-refractivity contribution in [2.75, 3.05) is 11.1 Å². The molecule has 3 rings (SSSR count). The van der Waals surface area contributed by atoms with Crippen LogP contribution in [0.5, 0.6) is 0 Å². The zero-order chi connectivity index (χ0) is 21.5. The number of nitrogens with one attached hydrogen (secondary N) is 1. The Morgan fingerprint density at radius 1 is 1.14 bits per heavy atom. The molecule has 1 amide bonds. The highest BCUT2D eigenvalue weighted by Crippen LogP contribution is 2.27. The number of anilines is 1. The maximum Gasteiger partial charge on any atom is 0.332 e. The summed E-state index contributed by atoms with van der Waals surface area (Å²) < 4.78 is 7.42. The first-order chi connectivity index (χ1) is 13.5. The highest BCUT2D eigenvalue weighted by atomic mass is 32.2. The van der Waals surface area contributed by atoms with Crippen molar-refractivity contribution in [2.24, 2.45) is 14.1 Å². The number of aromatic nitrogens is 6. The minimum absolute atomic E-state index is 0.00524. The van der Waals surface area contributed by atoms with E-state index in [4.69, 9.17) is 4.42 Å². The van der Waals surface area contributed by atoms with Gasteiger partial charge >= 0.3 is 11.7 Å². The number of fused-ring (bicyclic) bond motifs is 1. The average molecular weight is 419 g/mol. The third-order valence-electron chi connectivity index (χ3n) is 4.05. The topological polar surface area (TPSA) is 138 Å². The average Bonchev–Trinajstić information content (AvgIpc) is 3.06. The van der Waals surface area contributed by atoms with Crippen molar-refractivity contribution in [1.82, 2.24) is 29.3 Å². The van der Waals surface area contributed by atoms with Gasteiger partial charge in [-0.3, -0.25) is 24.0 Å². The lowest BCUT2D eigenvalue weighted by atomic mass is 9.96. The number of rotatable bonds is 4. The summed E-state index contributed by atoms with van der Waals surface area (Å²) >= 11 is 1.07. The number of aryl methyl sites for hydroxylation is 2. The molecule has 0 saturated carbocycles. The maximum atomic E-state index is 12.7. The second kappa shape index (κ2) is 7.43. The van der Waals surface area contributed by atoms with Crippen molar-refractivity contribution in [2.45, 2.75) is 38.1 Å². The fourth-order valence-electron chi connectivity index (χ4n) is 2.51. The van der Waals surface area contributed by atoms with E-state index in [-0.39, 0.29) is 22.8 Å². The van der Waals surface area contributed by atoms with Gasteiger partial charge in [0.25, 0.3) is 5.56 Å². The molecule has 0 aliphatic heterocycles.